The van der Waals surface area contributed by atoms with Crippen LogP contribution in [0.2, 0.25) is 0 Å². The molecule has 1 N–H and O–H groups in total. The Bertz CT molecular complexity index is 831. The standard InChI is InChI=1S/C19H26N6O2S/c1-4-23(5-2)15-9-7-14(8-10-15)17-21-22-19(24(17)6-3)28-13-16(26)25-12-11-20-18(25)27/h7-10H,4-6,11-13H2,1-3H3,(H,20,27). The lowest BCUT2D eigenvalue weighted by Crippen LogP contribution is -2.35. The molecule has 2 heterocycles. The molecule has 9 heteroatoms. The van der Waals surface area contributed by atoms with Crippen molar-refractivity contribution < 1.29 is 9.59 Å². The minimum Gasteiger partial charge on any atom is -0.372 e. The lowest BCUT2D eigenvalue weighted by molar-refractivity contribution is -0.124. The molecule has 2 aromatic rings. The molecule has 1 fully saturated rings. The number of hydrogen-bond donors (Lipinski definition) is 1. The van der Waals surface area contributed by atoms with Crippen LogP contribution < -0.4 is 10.2 Å². The summed E-state index contributed by atoms with van der Waals surface area (Å²) in [6.45, 7) is 9.85. The number of carbonyl (C=O) groups excluding carboxylic acids is 2. The van der Waals surface area contributed by atoms with Gasteiger partial charge >= 0.3 is 6.03 Å². The van der Waals surface area contributed by atoms with Crippen LogP contribution in [-0.4, -0.2) is 63.5 Å². The van der Waals surface area contributed by atoms with E-state index >= 15 is 0 Å². The molecule has 8 nitrogen and oxygen atoms in total. The summed E-state index contributed by atoms with van der Waals surface area (Å²) in [7, 11) is 0. The highest BCUT2D eigenvalue weighted by molar-refractivity contribution is 7.99. The van der Waals surface area contributed by atoms with Crippen LogP contribution in [0.4, 0.5) is 10.5 Å². The lowest BCUT2D eigenvalue weighted by atomic mass is 10.2. The van der Waals surface area contributed by atoms with Gasteiger partial charge < -0.3 is 14.8 Å². The van der Waals surface area contributed by atoms with Gasteiger partial charge in [-0.1, -0.05) is 11.8 Å². The highest BCUT2D eigenvalue weighted by Crippen LogP contribution is 2.26. The zero-order valence-corrected chi connectivity index (χ0v) is 17.3. The van der Waals surface area contributed by atoms with Crippen LogP contribution in [0.3, 0.4) is 0 Å². The molecular weight excluding hydrogens is 376 g/mol. The van der Waals surface area contributed by atoms with E-state index in [2.05, 4.69) is 58.5 Å². The number of rotatable bonds is 8. The molecule has 1 saturated heterocycles. The van der Waals surface area contributed by atoms with E-state index in [1.165, 1.54) is 22.3 Å². The van der Waals surface area contributed by atoms with Crippen molar-refractivity contribution in [2.24, 2.45) is 0 Å². The number of imide groups is 1. The van der Waals surface area contributed by atoms with E-state index in [4.69, 9.17) is 0 Å². The van der Waals surface area contributed by atoms with Crippen LogP contribution in [0.1, 0.15) is 20.8 Å². The van der Waals surface area contributed by atoms with Gasteiger partial charge in [-0.05, 0) is 45.0 Å². The Hall–Kier alpha value is -2.55. The predicted molar refractivity (Wildman–Crippen MR) is 111 cm³/mol. The van der Waals surface area contributed by atoms with E-state index in [-0.39, 0.29) is 17.7 Å². The highest BCUT2D eigenvalue weighted by atomic mass is 32.2. The van der Waals surface area contributed by atoms with Crippen LogP contribution >= 0.6 is 11.8 Å². The smallest absolute Gasteiger partial charge is 0.324 e. The lowest BCUT2D eigenvalue weighted by Gasteiger charge is -2.21. The molecule has 0 radical (unpaired) electrons. The molecule has 0 atom stereocenters. The minimum absolute atomic E-state index is 0.159. The summed E-state index contributed by atoms with van der Waals surface area (Å²) in [5.41, 5.74) is 2.17. The average Bonchev–Trinajstić information content (AvgIpc) is 3.33. The van der Waals surface area contributed by atoms with Crippen LogP contribution in [0.5, 0.6) is 0 Å². The number of nitrogens with one attached hydrogen (secondary N) is 1. The van der Waals surface area contributed by atoms with Gasteiger partial charge in [0.15, 0.2) is 11.0 Å². The zero-order valence-electron chi connectivity index (χ0n) is 16.5. The summed E-state index contributed by atoms with van der Waals surface area (Å²) in [5.74, 6) is 0.727. The SMILES string of the molecule is CCN(CC)c1ccc(-c2nnc(SCC(=O)N3CCNC3=O)n2CC)cc1. The molecular formula is C19H26N6O2S. The highest BCUT2D eigenvalue weighted by Gasteiger charge is 2.26. The molecule has 1 aliphatic heterocycles. The van der Waals surface area contributed by atoms with Crippen molar-refractivity contribution in [3.05, 3.63) is 24.3 Å². The number of anilines is 1. The van der Waals surface area contributed by atoms with Gasteiger partial charge in [0.1, 0.15) is 0 Å². The topological polar surface area (TPSA) is 83.4 Å². The van der Waals surface area contributed by atoms with Gasteiger partial charge in [0, 0.05) is 44.0 Å². The van der Waals surface area contributed by atoms with Gasteiger partial charge in [-0.3, -0.25) is 9.69 Å². The number of hydrogen-bond acceptors (Lipinski definition) is 6. The summed E-state index contributed by atoms with van der Waals surface area (Å²) in [4.78, 5) is 27.4. The van der Waals surface area contributed by atoms with Gasteiger partial charge in [0.2, 0.25) is 5.91 Å². The van der Waals surface area contributed by atoms with Gasteiger partial charge in [-0.15, -0.1) is 10.2 Å². The Morgan fingerprint density at radius 2 is 1.89 bits per heavy atom. The van der Waals surface area contributed by atoms with Crippen molar-refractivity contribution in [1.82, 2.24) is 25.0 Å². The fourth-order valence-electron chi connectivity index (χ4n) is 3.22. The number of nitrogens with zero attached hydrogens (tertiary/aromatic N) is 5. The number of thioether (sulfide) groups is 1. The number of benzene rings is 1. The summed E-state index contributed by atoms with van der Waals surface area (Å²) >= 11 is 1.31. The maximum atomic E-state index is 12.2. The molecule has 1 aromatic heterocycles. The van der Waals surface area contributed by atoms with Crippen molar-refractivity contribution in [1.29, 1.82) is 0 Å². The Kier molecular flexibility index (Phi) is 6.56. The van der Waals surface area contributed by atoms with Crippen molar-refractivity contribution in [3.8, 4) is 11.4 Å². The maximum Gasteiger partial charge on any atom is 0.324 e. The van der Waals surface area contributed by atoms with Gasteiger partial charge in [0.05, 0.1) is 5.75 Å². The van der Waals surface area contributed by atoms with Crippen LogP contribution in [0.25, 0.3) is 11.4 Å². The Labute approximate surface area is 169 Å². The van der Waals surface area contributed by atoms with Crippen molar-refractivity contribution in [2.75, 3.05) is 36.8 Å². The largest absolute Gasteiger partial charge is 0.372 e. The summed E-state index contributed by atoms with van der Waals surface area (Å²) in [6.07, 6.45) is 0. The van der Waals surface area contributed by atoms with E-state index in [9.17, 15) is 9.59 Å². The van der Waals surface area contributed by atoms with Crippen molar-refractivity contribution in [2.45, 2.75) is 32.5 Å². The number of urea groups is 1. The second-order valence-corrected chi connectivity index (χ2v) is 7.28. The zero-order chi connectivity index (χ0) is 20.1. The van der Waals surface area contributed by atoms with Crippen LogP contribution in [0.15, 0.2) is 29.4 Å². The molecule has 1 aromatic carbocycles. The Balaban J connectivity index is 1.73. The number of aromatic nitrogens is 3. The quantitative estimate of drug-likeness (QED) is 0.683. The van der Waals surface area contributed by atoms with Gasteiger partial charge in [-0.25, -0.2) is 4.79 Å². The fraction of sp³-hybridized carbons (Fsp3) is 0.474. The van der Waals surface area contributed by atoms with E-state index in [0.29, 0.717) is 24.8 Å². The molecule has 0 aliphatic carbocycles. The van der Waals surface area contributed by atoms with Crippen LogP contribution in [-0.2, 0) is 11.3 Å². The van der Waals surface area contributed by atoms with Crippen LogP contribution in [0, 0.1) is 0 Å². The first-order chi connectivity index (χ1) is 13.6. The first kappa shape index (κ1) is 20.2. The third-order valence-electron chi connectivity index (χ3n) is 4.77. The Morgan fingerprint density at radius 1 is 1.18 bits per heavy atom. The van der Waals surface area contributed by atoms with E-state index in [1.54, 1.807) is 0 Å². The average molecular weight is 403 g/mol. The molecule has 28 heavy (non-hydrogen) atoms. The third-order valence-corrected chi connectivity index (χ3v) is 5.72. The first-order valence-corrected chi connectivity index (χ1v) is 10.6. The number of carbonyl (C=O) groups is 2. The van der Waals surface area contributed by atoms with E-state index in [1.807, 2.05) is 11.5 Å². The number of amides is 3. The molecule has 0 bridgehead atoms. The fourth-order valence-corrected chi connectivity index (χ4v) is 4.10. The normalized spacial score (nSPS) is 13.7. The summed E-state index contributed by atoms with van der Waals surface area (Å²) in [6, 6.07) is 7.98. The predicted octanol–water partition coefficient (Wildman–Crippen LogP) is 2.46. The van der Waals surface area contributed by atoms with E-state index in [0.717, 1.165) is 24.5 Å². The first-order valence-electron chi connectivity index (χ1n) is 9.58. The summed E-state index contributed by atoms with van der Waals surface area (Å²) in [5, 5.41) is 11.9. The molecule has 3 rings (SSSR count). The van der Waals surface area contributed by atoms with Gasteiger partial charge in [0.25, 0.3) is 0 Å². The van der Waals surface area contributed by atoms with Crippen molar-refractivity contribution >= 4 is 29.4 Å². The summed E-state index contributed by atoms with van der Waals surface area (Å²) < 4.78 is 1.99. The monoisotopic (exact) mass is 402 g/mol. The molecule has 0 saturated carbocycles. The van der Waals surface area contributed by atoms with Gasteiger partial charge in [-0.2, -0.15) is 0 Å². The molecule has 0 unspecified atom stereocenters. The van der Waals surface area contributed by atoms with Crippen molar-refractivity contribution in [3.63, 3.8) is 0 Å². The third kappa shape index (κ3) is 4.14. The molecule has 3 amide bonds. The molecule has 1 aliphatic rings. The minimum atomic E-state index is -0.323. The Morgan fingerprint density at radius 3 is 2.46 bits per heavy atom. The second kappa shape index (κ2) is 9.09. The second-order valence-electron chi connectivity index (χ2n) is 6.34. The molecule has 0 spiro atoms. The maximum absolute atomic E-state index is 12.2. The van der Waals surface area contributed by atoms with E-state index < -0.39 is 0 Å². The molecule has 150 valence electrons.